The van der Waals surface area contributed by atoms with Gasteiger partial charge in [0.1, 0.15) is 0 Å². The highest BCUT2D eigenvalue weighted by atomic mass is 35.5. The van der Waals surface area contributed by atoms with Crippen LogP contribution in [-0.4, -0.2) is 54.3 Å². The van der Waals surface area contributed by atoms with Gasteiger partial charge in [-0.1, -0.05) is 29.8 Å². The number of nitrogens with zero attached hydrogens (tertiary/aromatic N) is 2. The molecule has 0 spiro atoms. The molecule has 2 saturated heterocycles. The summed E-state index contributed by atoms with van der Waals surface area (Å²) in [5.74, 6) is -0.135. The lowest BCUT2D eigenvalue weighted by atomic mass is 9.83. The predicted octanol–water partition coefficient (Wildman–Crippen LogP) is 2.85. The maximum absolute atomic E-state index is 12.9. The van der Waals surface area contributed by atoms with Gasteiger partial charge in [0.05, 0.1) is 12.0 Å². The van der Waals surface area contributed by atoms with E-state index in [1.165, 1.54) is 12.8 Å². The van der Waals surface area contributed by atoms with Crippen molar-refractivity contribution in [1.29, 1.82) is 0 Å². The fraction of sp³-hybridized carbons (Fsp3) is 0.600. The summed E-state index contributed by atoms with van der Waals surface area (Å²) in [4.78, 5) is 29.5. The summed E-state index contributed by atoms with van der Waals surface area (Å²) in [6, 6.07) is 7.25. The Kier molecular flexibility index (Phi) is 6.54. The molecule has 3 rings (SSSR count). The van der Waals surface area contributed by atoms with Gasteiger partial charge in [0, 0.05) is 31.1 Å². The number of piperidine rings is 1. The molecule has 26 heavy (non-hydrogen) atoms. The number of carbonyl (C=O) groups is 2. The second-order valence-corrected chi connectivity index (χ2v) is 7.54. The molecule has 2 aliphatic heterocycles. The van der Waals surface area contributed by atoms with Crippen LogP contribution in [0.25, 0.3) is 0 Å². The zero-order valence-electron chi connectivity index (χ0n) is 15.4. The van der Waals surface area contributed by atoms with Crippen molar-refractivity contribution in [2.24, 2.45) is 5.92 Å². The summed E-state index contributed by atoms with van der Waals surface area (Å²) in [5.41, 5.74) is 0.865. The lowest BCUT2D eigenvalue weighted by Crippen LogP contribution is -2.48. The largest absolute Gasteiger partial charge is 0.354 e. The van der Waals surface area contributed by atoms with Crippen molar-refractivity contribution in [3.05, 3.63) is 34.9 Å². The predicted molar refractivity (Wildman–Crippen MR) is 103 cm³/mol. The van der Waals surface area contributed by atoms with Gasteiger partial charge in [0.25, 0.3) is 0 Å². The average molecular weight is 378 g/mol. The first kappa shape index (κ1) is 19.2. The highest BCUT2D eigenvalue weighted by molar-refractivity contribution is 6.31. The minimum absolute atomic E-state index is 0.0278. The second kappa shape index (κ2) is 8.87. The van der Waals surface area contributed by atoms with Crippen molar-refractivity contribution in [3.63, 3.8) is 0 Å². The third-order valence-electron chi connectivity index (χ3n) is 5.53. The van der Waals surface area contributed by atoms with E-state index in [2.05, 4.69) is 10.2 Å². The van der Waals surface area contributed by atoms with Gasteiger partial charge in [0.2, 0.25) is 11.8 Å². The molecule has 0 bridgehead atoms. The smallest absolute Gasteiger partial charge is 0.225 e. The van der Waals surface area contributed by atoms with Crippen LogP contribution in [0, 0.1) is 5.92 Å². The number of carbonyl (C=O) groups excluding carboxylic acids is 2. The molecule has 1 aromatic rings. The van der Waals surface area contributed by atoms with E-state index in [1.807, 2.05) is 31.2 Å². The van der Waals surface area contributed by atoms with Gasteiger partial charge in [-0.15, -0.1) is 0 Å². The zero-order valence-corrected chi connectivity index (χ0v) is 16.2. The van der Waals surface area contributed by atoms with Gasteiger partial charge in [-0.2, -0.15) is 0 Å². The SMILES string of the molecule is CCN1C(=O)CC[C@@H](C(=O)NCCN2CCCC2)[C@@H]1c1ccccc1Cl. The van der Waals surface area contributed by atoms with Crippen molar-refractivity contribution < 1.29 is 9.59 Å². The molecule has 0 radical (unpaired) electrons. The molecule has 0 unspecified atom stereocenters. The van der Waals surface area contributed by atoms with Gasteiger partial charge in [-0.25, -0.2) is 0 Å². The van der Waals surface area contributed by atoms with E-state index >= 15 is 0 Å². The molecular formula is C20H28ClN3O2. The molecule has 5 nitrogen and oxygen atoms in total. The molecule has 2 fully saturated rings. The molecule has 2 atom stereocenters. The Balaban J connectivity index is 1.73. The van der Waals surface area contributed by atoms with Crippen LogP contribution in [0.2, 0.25) is 5.02 Å². The lowest BCUT2D eigenvalue weighted by Gasteiger charge is -2.40. The maximum Gasteiger partial charge on any atom is 0.225 e. The number of rotatable bonds is 6. The number of amides is 2. The van der Waals surface area contributed by atoms with Crippen LogP contribution in [-0.2, 0) is 9.59 Å². The monoisotopic (exact) mass is 377 g/mol. The molecule has 0 aliphatic carbocycles. The van der Waals surface area contributed by atoms with Crippen LogP contribution in [0.1, 0.15) is 44.2 Å². The van der Waals surface area contributed by atoms with E-state index in [0.29, 0.717) is 31.0 Å². The maximum atomic E-state index is 12.9. The van der Waals surface area contributed by atoms with E-state index in [9.17, 15) is 9.59 Å². The van der Waals surface area contributed by atoms with Crippen LogP contribution in [0.4, 0.5) is 0 Å². The number of benzene rings is 1. The molecule has 2 amide bonds. The van der Waals surface area contributed by atoms with Crippen LogP contribution >= 0.6 is 11.6 Å². The van der Waals surface area contributed by atoms with Crippen LogP contribution in [0.3, 0.4) is 0 Å². The molecule has 6 heteroatoms. The Morgan fingerprint density at radius 1 is 1.27 bits per heavy atom. The molecule has 0 aromatic heterocycles. The number of nitrogens with one attached hydrogen (secondary N) is 1. The average Bonchev–Trinajstić information content (AvgIpc) is 3.15. The van der Waals surface area contributed by atoms with Crippen molar-refractivity contribution in [2.75, 3.05) is 32.7 Å². The van der Waals surface area contributed by atoms with E-state index in [1.54, 1.807) is 4.90 Å². The van der Waals surface area contributed by atoms with E-state index < -0.39 is 0 Å². The minimum Gasteiger partial charge on any atom is -0.354 e. The number of hydrogen-bond donors (Lipinski definition) is 1. The first-order valence-corrected chi connectivity index (χ1v) is 10.0. The Morgan fingerprint density at radius 2 is 2.00 bits per heavy atom. The van der Waals surface area contributed by atoms with Crippen molar-refractivity contribution in [3.8, 4) is 0 Å². The Labute approximate surface area is 160 Å². The molecule has 1 aromatic carbocycles. The zero-order chi connectivity index (χ0) is 18.5. The van der Waals surface area contributed by atoms with E-state index in [0.717, 1.165) is 25.2 Å². The van der Waals surface area contributed by atoms with Crippen molar-refractivity contribution in [2.45, 2.75) is 38.6 Å². The topological polar surface area (TPSA) is 52.7 Å². The highest BCUT2D eigenvalue weighted by Gasteiger charge is 2.40. The van der Waals surface area contributed by atoms with Gasteiger partial charge in [-0.05, 0) is 50.9 Å². The third-order valence-corrected chi connectivity index (χ3v) is 5.88. The highest BCUT2D eigenvalue weighted by Crippen LogP contribution is 2.39. The van der Waals surface area contributed by atoms with Gasteiger partial charge < -0.3 is 15.1 Å². The minimum atomic E-state index is -0.290. The van der Waals surface area contributed by atoms with Crippen molar-refractivity contribution >= 4 is 23.4 Å². The Hall–Kier alpha value is -1.59. The quantitative estimate of drug-likeness (QED) is 0.829. The summed E-state index contributed by atoms with van der Waals surface area (Å²) in [6.07, 6.45) is 3.48. The molecule has 2 aliphatic rings. The molecule has 1 N–H and O–H groups in total. The fourth-order valence-electron chi connectivity index (χ4n) is 4.17. The van der Waals surface area contributed by atoms with Crippen LogP contribution in [0.5, 0.6) is 0 Å². The van der Waals surface area contributed by atoms with Crippen LogP contribution < -0.4 is 5.32 Å². The first-order chi connectivity index (χ1) is 12.6. The van der Waals surface area contributed by atoms with Gasteiger partial charge >= 0.3 is 0 Å². The molecule has 2 heterocycles. The Bertz CT molecular complexity index is 646. The number of halogens is 1. The summed E-state index contributed by atoms with van der Waals surface area (Å²) in [7, 11) is 0. The summed E-state index contributed by atoms with van der Waals surface area (Å²) >= 11 is 6.41. The van der Waals surface area contributed by atoms with Gasteiger partial charge in [0.15, 0.2) is 0 Å². The third kappa shape index (κ3) is 4.21. The summed E-state index contributed by atoms with van der Waals surface area (Å²) < 4.78 is 0. The van der Waals surface area contributed by atoms with E-state index in [-0.39, 0.29) is 23.8 Å². The van der Waals surface area contributed by atoms with Gasteiger partial charge in [-0.3, -0.25) is 9.59 Å². The van der Waals surface area contributed by atoms with Crippen LogP contribution in [0.15, 0.2) is 24.3 Å². The van der Waals surface area contributed by atoms with E-state index in [4.69, 9.17) is 11.6 Å². The fourth-order valence-corrected chi connectivity index (χ4v) is 4.42. The number of likely N-dealkylation sites (tertiary alicyclic amines) is 2. The summed E-state index contributed by atoms with van der Waals surface area (Å²) in [6.45, 7) is 6.33. The Morgan fingerprint density at radius 3 is 2.69 bits per heavy atom. The molecule has 142 valence electrons. The van der Waals surface area contributed by atoms with Crippen molar-refractivity contribution in [1.82, 2.24) is 15.1 Å². The second-order valence-electron chi connectivity index (χ2n) is 7.13. The number of hydrogen-bond acceptors (Lipinski definition) is 3. The standard InChI is InChI=1S/C20H28ClN3O2/c1-2-24-18(25)10-9-16(19(24)15-7-3-4-8-17(15)21)20(26)22-11-14-23-12-5-6-13-23/h3-4,7-8,16,19H,2,5-6,9-14H2,1H3,(H,22,26)/t16-,19+/m1/s1. The summed E-state index contributed by atoms with van der Waals surface area (Å²) in [5, 5.41) is 3.71. The first-order valence-electron chi connectivity index (χ1n) is 9.65. The molecular weight excluding hydrogens is 350 g/mol. The molecule has 0 saturated carbocycles. The lowest BCUT2D eigenvalue weighted by molar-refractivity contribution is -0.143. The normalized spacial score (nSPS) is 24.1.